The number of furan rings is 1. The van der Waals surface area contributed by atoms with Gasteiger partial charge in [-0.25, -0.2) is 4.98 Å². The molecule has 1 aromatic carbocycles. The van der Waals surface area contributed by atoms with Gasteiger partial charge in [-0.2, -0.15) is 0 Å². The van der Waals surface area contributed by atoms with E-state index in [0.717, 1.165) is 32.0 Å². The second-order valence-corrected chi connectivity index (χ2v) is 7.89. The molecule has 9 heteroatoms. The number of carbonyl (C=O) groups is 2. The van der Waals surface area contributed by atoms with Crippen molar-refractivity contribution in [1.29, 1.82) is 0 Å². The van der Waals surface area contributed by atoms with Gasteiger partial charge in [0.15, 0.2) is 0 Å². The highest BCUT2D eigenvalue weighted by molar-refractivity contribution is 6.30. The SMILES string of the molecule is O=C(CN1CCN(c2ccc(Cl)cn2)CC1)Nc1ccccc1C(=O)NCc1ccco1. The van der Waals surface area contributed by atoms with Crippen molar-refractivity contribution in [2.75, 3.05) is 42.9 Å². The van der Waals surface area contributed by atoms with E-state index in [9.17, 15) is 9.59 Å². The summed E-state index contributed by atoms with van der Waals surface area (Å²) in [6.45, 7) is 3.55. The molecular formula is C23H24ClN5O3. The number of anilines is 2. The quantitative estimate of drug-likeness (QED) is 0.571. The van der Waals surface area contributed by atoms with Crippen LogP contribution in [0.5, 0.6) is 0 Å². The van der Waals surface area contributed by atoms with E-state index in [-0.39, 0.29) is 24.9 Å². The zero-order valence-electron chi connectivity index (χ0n) is 17.5. The number of nitrogens with one attached hydrogen (secondary N) is 2. The van der Waals surface area contributed by atoms with E-state index in [0.29, 0.717) is 22.0 Å². The summed E-state index contributed by atoms with van der Waals surface area (Å²) in [6, 6.07) is 14.2. The minimum Gasteiger partial charge on any atom is -0.467 e. The molecule has 0 bridgehead atoms. The number of piperazine rings is 1. The maximum atomic E-state index is 12.6. The lowest BCUT2D eigenvalue weighted by Crippen LogP contribution is -2.49. The van der Waals surface area contributed by atoms with Gasteiger partial charge >= 0.3 is 0 Å². The zero-order chi connectivity index (χ0) is 22.3. The maximum absolute atomic E-state index is 12.6. The monoisotopic (exact) mass is 453 g/mol. The van der Waals surface area contributed by atoms with Crippen molar-refractivity contribution in [1.82, 2.24) is 15.2 Å². The molecule has 32 heavy (non-hydrogen) atoms. The lowest BCUT2D eigenvalue weighted by atomic mass is 10.1. The lowest BCUT2D eigenvalue weighted by Gasteiger charge is -2.35. The number of nitrogens with zero attached hydrogens (tertiary/aromatic N) is 3. The fourth-order valence-electron chi connectivity index (χ4n) is 3.55. The van der Waals surface area contributed by atoms with Crippen molar-refractivity contribution in [3.63, 3.8) is 0 Å². The molecule has 2 N–H and O–H groups in total. The van der Waals surface area contributed by atoms with Gasteiger partial charge in [-0.1, -0.05) is 23.7 Å². The first-order valence-corrected chi connectivity index (χ1v) is 10.7. The van der Waals surface area contributed by atoms with Crippen LogP contribution in [0.15, 0.2) is 65.4 Å². The molecule has 3 heterocycles. The molecular weight excluding hydrogens is 430 g/mol. The van der Waals surface area contributed by atoms with Gasteiger partial charge in [-0.3, -0.25) is 14.5 Å². The van der Waals surface area contributed by atoms with Gasteiger partial charge in [0, 0.05) is 32.4 Å². The van der Waals surface area contributed by atoms with Crippen LogP contribution in [0.2, 0.25) is 5.02 Å². The molecule has 166 valence electrons. The molecule has 4 rings (SSSR count). The van der Waals surface area contributed by atoms with E-state index in [1.165, 1.54) is 0 Å². The molecule has 3 aromatic rings. The number of benzene rings is 1. The molecule has 0 saturated carbocycles. The summed E-state index contributed by atoms with van der Waals surface area (Å²) >= 11 is 5.91. The zero-order valence-corrected chi connectivity index (χ0v) is 18.2. The summed E-state index contributed by atoms with van der Waals surface area (Å²) in [5.41, 5.74) is 0.893. The van der Waals surface area contributed by atoms with Crippen LogP contribution in [0, 0.1) is 0 Å². The van der Waals surface area contributed by atoms with E-state index in [1.807, 2.05) is 12.1 Å². The summed E-state index contributed by atoms with van der Waals surface area (Å²) < 4.78 is 5.24. The highest BCUT2D eigenvalue weighted by atomic mass is 35.5. The smallest absolute Gasteiger partial charge is 0.253 e. The molecule has 1 aliphatic heterocycles. The van der Waals surface area contributed by atoms with Crippen molar-refractivity contribution >= 4 is 34.9 Å². The largest absolute Gasteiger partial charge is 0.467 e. The molecule has 2 amide bonds. The molecule has 0 spiro atoms. The topological polar surface area (TPSA) is 90.7 Å². The van der Waals surface area contributed by atoms with Gasteiger partial charge in [0.05, 0.1) is 35.6 Å². The second kappa shape index (κ2) is 10.3. The van der Waals surface area contributed by atoms with Crippen LogP contribution in [-0.4, -0.2) is 54.4 Å². The number of aromatic nitrogens is 1. The van der Waals surface area contributed by atoms with E-state index >= 15 is 0 Å². The van der Waals surface area contributed by atoms with Gasteiger partial charge in [0.1, 0.15) is 11.6 Å². The van der Waals surface area contributed by atoms with E-state index < -0.39 is 0 Å². The number of carbonyl (C=O) groups excluding carboxylic acids is 2. The first-order chi connectivity index (χ1) is 15.6. The van der Waals surface area contributed by atoms with Crippen molar-refractivity contribution in [3.05, 3.63) is 77.3 Å². The third kappa shape index (κ3) is 5.66. The number of rotatable bonds is 7. The number of hydrogen-bond donors (Lipinski definition) is 2. The minimum absolute atomic E-state index is 0.158. The molecule has 0 radical (unpaired) electrons. The Morgan fingerprint density at radius 2 is 1.84 bits per heavy atom. The van der Waals surface area contributed by atoms with Crippen LogP contribution in [-0.2, 0) is 11.3 Å². The number of para-hydroxylation sites is 1. The van der Waals surface area contributed by atoms with Crippen LogP contribution < -0.4 is 15.5 Å². The average Bonchev–Trinajstić information content (AvgIpc) is 3.33. The Morgan fingerprint density at radius 3 is 2.56 bits per heavy atom. The van der Waals surface area contributed by atoms with Crippen molar-refractivity contribution in [2.45, 2.75) is 6.54 Å². The standard InChI is InChI=1S/C23H24ClN5O3/c24-17-7-8-21(25-14-17)29-11-9-28(10-12-29)16-22(30)27-20-6-2-1-5-19(20)23(31)26-15-18-4-3-13-32-18/h1-8,13-14H,9-12,15-16H2,(H,26,31)(H,27,30). The Bertz CT molecular complexity index is 1050. The normalized spacial score (nSPS) is 14.2. The average molecular weight is 454 g/mol. The van der Waals surface area contributed by atoms with Crippen molar-refractivity contribution < 1.29 is 14.0 Å². The molecule has 0 unspecified atom stereocenters. The fourth-order valence-corrected chi connectivity index (χ4v) is 3.66. The van der Waals surface area contributed by atoms with Gasteiger partial charge < -0.3 is 20.0 Å². The van der Waals surface area contributed by atoms with Crippen LogP contribution in [0.1, 0.15) is 16.1 Å². The number of amides is 2. The molecule has 1 aliphatic rings. The van der Waals surface area contributed by atoms with Gasteiger partial charge in [0.25, 0.3) is 5.91 Å². The Balaban J connectivity index is 1.29. The van der Waals surface area contributed by atoms with Crippen LogP contribution in [0.25, 0.3) is 0 Å². The van der Waals surface area contributed by atoms with E-state index in [1.54, 1.807) is 48.9 Å². The summed E-state index contributed by atoms with van der Waals surface area (Å²) in [5, 5.41) is 6.29. The van der Waals surface area contributed by atoms with Crippen molar-refractivity contribution in [2.24, 2.45) is 0 Å². The number of halogens is 1. The molecule has 0 aliphatic carbocycles. The van der Waals surface area contributed by atoms with Crippen LogP contribution in [0.3, 0.4) is 0 Å². The fraction of sp³-hybridized carbons (Fsp3) is 0.261. The Labute approximate surface area is 191 Å². The van der Waals surface area contributed by atoms with Gasteiger partial charge in [0.2, 0.25) is 5.91 Å². The summed E-state index contributed by atoms with van der Waals surface area (Å²) in [7, 11) is 0. The number of hydrogen-bond acceptors (Lipinski definition) is 6. The second-order valence-electron chi connectivity index (χ2n) is 7.45. The number of pyridine rings is 1. The molecule has 1 saturated heterocycles. The Hall–Kier alpha value is -3.36. The molecule has 2 aromatic heterocycles. The summed E-state index contributed by atoms with van der Waals surface area (Å²) in [6.07, 6.45) is 3.19. The first kappa shape index (κ1) is 21.9. The Morgan fingerprint density at radius 1 is 1.03 bits per heavy atom. The molecule has 1 fully saturated rings. The third-order valence-electron chi connectivity index (χ3n) is 5.22. The lowest BCUT2D eigenvalue weighted by molar-refractivity contribution is -0.117. The molecule has 0 atom stereocenters. The maximum Gasteiger partial charge on any atom is 0.253 e. The minimum atomic E-state index is -0.277. The van der Waals surface area contributed by atoms with Gasteiger partial charge in [-0.05, 0) is 36.4 Å². The highest BCUT2D eigenvalue weighted by Gasteiger charge is 2.21. The third-order valence-corrected chi connectivity index (χ3v) is 5.45. The van der Waals surface area contributed by atoms with E-state index in [4.69, 9.17) is 16.0 Å². The van der Waals surface area contributed by atoms with E-state index in [2.05, 4.69) is 25.4 Å². The molecule has 8 nitrogen and oxygen atoms in total. The predicted octanol–water partition coefficient (Wildman–Crippen LogP) is 3.02. The van der Waals surface area contributed by atoms with Crippen LogP contribution in [0.4, 0.5) is 11.5 Å². The summed E-state index contributed by atoms with van der Waals surface area (Å²) in [5.74, 6) is 1.11. The van der Waals surface area contributed by atoms with Crippen LogP contribution >= 0.6 is 11.6 Å². The first-order valence-electron chi connectivity index (χ1n) is 10.4. The predicted molar refractivity (Wildman–Crippen MR) is 123 cm³/mol. The van der Waals surface area contributed by atoms with Crippen molar-refractivity contribution in [3.8, 4) is 0 Å². The van der Waals surface area contributed by atoms with Gasteiger partial charge in [-0.15, -0.1) is 0 Å². The highest BCUT2D eigenvalue weighted by Crippen LogP contribution is 2.17. The Kier molecular flexibility index (Phi) is 7.03. The summed E-state index contributed by atoms with van der Waals surface area (Å²) in [4.78, 5) is 33.8.